The number of likely N-dealkylation sites (tertiary alicyclic amines) is 2. The second-order valence-corrected chi connectivity index (χ2v) is 7.84. The number of hydrogen-bond acceptors (Lipinski definition) is 4. The van der Waals surface area contributed by atoms with Gasteiger partial charge >= 0.3 is 0 Å². The van der Waals surface area contributed by atoms with Gasteiger partial charge in [-0.2, -0.15) is 0 Å². The molecule has 148 valence electrons. The number of carbonyl (C=O) groups is 2. The SMILES string of the molecule is CN1CC(C(=O)N2CCC(c3nccn3Cc3ccccn3)CC2)CCC1=O. The number of piperidine rings is 2. The molecule has 0 aliphatic carbocycles. The summed E-state index contributed by atoms with van der Waals surface area (Å²) < 4.78 is 2.17. The fourth-order valence-corrected chi connectivity index (χ4v) is 4.31. The molecule has 0 bridgehead atoms. The van der Waals surface area contributed by atoms with E-state index < -0.39 is 0 Å². The van der Waals surface area contributed by atoms with E-state index in [-0.39, 0.29) is 17.7 Å². The van der Waals surface area contributed by atoms with E-state index in [1.165, 1.54) is 0 Å². The van der Waals surface area contributed by atoms with Crippen molar-refractivity contribution in [3.8, 4) is 0 Å². The number of aromatic nitrogens is 3. The van der Waals surface area contributed by atoms with Crippen LogP contribution in [0, 0.1) is 5.92 Å². The van der Waals surface area contributed by atoms with E-state index in [0.717, 1.165) is 44.0 Å². The van der Waals surface area contributed by atoms with Gasteiger partial charge in [0.1, 0.15) is 5.82 Å². The van der Waals surface area contributed by atoms with Crippen LogP contribution < -0.4 is 0 Å². The summed E-state index contributed by atoms with van der Waals surface area (Å²) in [5.41, 5.74) is 1.02. The summed E-state index contributed by atoms with van der Waals surface area (Å²) in [7, 11) is 1.79. The fraction of sp³-hybridized carbons (Fsp3) is 0.524. The number of hydrogen-bond donors (Lipinski definition) is 0. The lowest BCUT2D eigenvalue weighted by Crippen LogP contribution is -2.47. The molecule has 7 heteroatoms. The highest BCUT2D eigenvalue weighted by Crippen LogP contribution is 2.29. The smallest absolute Gasteiger partial charge is 0.227 e. The van der Waals surface area contributed by atoms with Crippen molar-refractivity contribution in [2.24, 2.45) is 5.92 Å². The van der Waals surface area contributed by atoms with Crippen LogP contribution in [0.5, 0.6) is 0 Å². The summed E-state index contributed by atoms with van der Waals surface area (Å²) in [5, 5.41) is 0. The quantitative estimate of drug-likeness (QED) is 0.811. The Kier molecular flexibility index (Phi) is 5.41. The summed E-state index contributed by atoms with van der Waals surface area (Å²) in [6.07, 6.45) is 8.68. The van der Waals surface area contributed by atoms with Crippen molar-refractivity contribution >= 4 is 11.8 Å². The number of imidazole rings is 1. The Morgan fingerprint density at radius 2 is 1.96 bits per heavy atom. The van der Waals surface area contributed by atoms with E-state index in [9.17, 15) is 9.59 Å². The highest BCUT2D eigenvalue weighted by atomic mass is 16.2. The van der Waals surface area contributed by atoms with Crippen molar-refractivity contribution in [2.75, 3.05) is 26.7 Å². The molecule has 1 unspecified atom stereocenters. The van der Waals surface area contributed by atoms with Gasteiger partial charge in [-0.1, -0.05) is 6.07 Å². The van der Waals surface area contributed by atoms with Gasteiger partial charge in [-0.3, -0.25) is 14.6 Å². The lowest BCUT2D eigenvalue weighted by Gasteiger charge is -2.36. The Morgan fingerprint density at radius 1 is 1.14 bits per heavy atom. The third-order valence-electron chi connectivity index (χ3n) is 5.95. The average Bonchev–Trinajstić information content (AvgIpc) is 3.18. The number of rotatable bonds is 4. The molecule has 2 fully saturated rings. The standard InChI is InChI=1S/C21H27N5O2/c1-24-14-17(5-6-19(24)27)21(28)25-11-7-16(8-12-25)20-23-10-13-26(20)15-18-4-2-3-9-22-18/h2-4,9-10,13,16-17H,5-8,11-12,14-15H2,1H3. The highest BCUT2D eigenvalue weighted by Gasteiger charge is 2.33. The van der Waals surface area contributed by atoms with Gasteiger partial charge in [-0.05, 0) is 31.4 Å². The molecule has 4 rings (SSSR count). The third kappa shape index (κ3) is 3.93. The second kappa shape index (κ2) is 8.12. The van der Waals surface area contributed by atoms with Crippen LogP contribution in [-0.2, 0) is 16.1 Å². The third-order valence-corrected chi connectivity index (χ3v) is 5.95. The summed E-state index contributed by atoms with van der Waals surface area (Å²) in [5.74, 6) is 1.74. The molecule has 2 aliphatic heterocycles. The molecule has 2 aromatic heterocycles. The Balaban J connectivity index is 1.35. The van der Waals surface area contributed by atoms with Crippen molar-refractivity contribution in [3.05, 3.63) is 48.3 Å². The predicted molar refractivity (Wildman–Crippen MR) is 104 cm³/mol. The van der Waals surface area contributed by atoms with E-state index in [1.807, 2.05) is 41.7 Å². The Bertz CT molecular complexity index is 826. The van der Waals surface area contributed by atoms with Gasteiger partial charge in [-0.15, -0.1) is 0 Å². The number of nitrogens with zero attached hydrogens (tertiary/aromatic N) is 5. The molecule has 2 aromatic rings. The zero-order valence-corrected chi connectivity index (χ0v) is 16.3. The van der Waals surface area contributed by atoms with Gasteiger partial charge in [-0.25, -0.2) is 4.98 Å². The minimum atomic E-state index is -0.0506. The first kappa shape index (κ1) is 18.7. The van der Waals surface area contributed by atoms with Gasteiger partial charge in [0, 0.05) is 57.6 Å². The van der Waals surface area contributed by atoms with Crippen LogP contribution in [0.15, 0.2) is 36.8 Å². The molecule has 1 atom stereocenters. The van der Waals surface area contributed by atoms with Crippen LogP contribution in [0.25, 0.3) is 0 Å². The minimum absolute atomic E-state index is 0.0506. The van der Waals surface area contributed by atoms with Crippen LogP contribution in [-0.4, -0.2) is 62.8 Å². The van der Waals surface area contributed by atoms with E-state index in [1.54, 1.807) is 11.9 Å². The molecule has 0 saturated carbocycles. The molecule has 2 amide bonds. The monoisotopic (exact) mass is 381 g/mol. The number of carbonyl (C=O) groups excluding carboxylic acids is 2. The van der Waals surface area contributed by atoms with Crippen LogP contribution in [0.2, 0.25) is 0 Å². The molecule has 0 N–H and O–H groups in total. The second-order valence-electron chi connectivity index (χ2n) is 7.84. The summed E-state index contributed by atoms with van der Waals surface area (Å²) >= 11 is 0. The highest BCUT2D eigenvalue weighted by molar-refractivity contribution is 5.83. The molecular formula is C21H27N5O2. The lowest BCUT2D eigenvalue weighted by atomic mass is 9.92. The number of pyridine rings is 1. The van der Waals surface area contributed by atoms with E-state index in [0.29, 0.717) is 25.3 Å². The van der Waals surface area contributed by atoms with Gasteiger partial charge in [0.15, 0.2) is 0 Å². The summed E-state index contributed by atoms with van der Waals surface area (Å²) in [6.45, 7) is 2.78. The molecule has 0 radical (unpaired) electrons. The lowest BCUT2D eigenvalue weighted by molar-refractivity contribution is -0.142. The number of amides is 2. The van der Waals surface area contributed by atoms with Crippen LogP contribution in [0.3, 0.4) is 0 Å². The van der Waals surface area contributed by atoms with Crippen molar-refractivity contribution in [1.82, 2.24) is 24.3 Å². The fourth-order valence-electron chi connectivity index (χ4n) is 4.31. The molecule has 28 heavy (non-hydrogen) atoms. The molecular weight excluding hydrogens is 354 g/mol. The van der Waals surface area contributed by atoms with Gasteiger partial charge in [0.2, 0.25) is 11.8 Å². The maximum absolute atomic E-state index is 12.9. The Hall–Kier alpha value is -2.70. The maximum Gasteiger partial charge on any atom is 0.227 e. The first-order valence-electron chi connectivity index (χ1n) is 10.1. The van der Waals surface area contributed by atoms with Crippen LogP contribution in [0.1, 0.15) is 43.1 Å². The molecule has 2 saturated heterocycles. The van der Waals surface area contributed by atoms with Crippen molar-refractivity contribution in [1.29, 1.82) is 0 Å². The summed E-state index contributed by atoms with van der Waals surface area (Å²) in [6, 6.07) is 5.95. The first-order valence-corrected chi connectivity index (χ1v) is 10.1. The minimum Gasteiger partial charge on any atom is -0.345 e. The van der Waals surface area contributed by atoms with E-state index in [4.69, 9.17) is 0 Å². The predicted octanol–water partition coefficient (Wildman–Crippen LogP) is 1.90. The Morgan fingerprint density at radius 3 is 2.68 bits per heavy atom. The van der Waals surface area contributed by atoms with Gasteiger partial charge in [0.05, 0.1) is 18.2 Å². The van der Waals surface area contributed by atoms with Crippen LogP contribution in [0.4, 0.5) is 0 Å². The largest absolute Gasteiger partial charge is 0.345 e. The maximum atomic E-state index is 12.9. The normalized spacial score (nSPS) is 21.2. The molecule has 7 nitrogen and oxygen atoms in total. The van der Waals surface area contributed by atoms with E-state index in [2.05, 4.69) is 14.5 Å². The molecule has 4 heterocycles. The summed E-state index contributed by atoms with van der Waals surface area (Å²) in [4.78, 5) is 37.2. The zero-order chi connectivity index (χ0) is 19.5. The van der Waals surface area contributed by atoms with Gasteiger partial charge in [0.25, 0.3) is 0 Å². The van der Waals surface area contributed by atoms with Crippen molar-refractivity contribution in [3.63, 3.8) is 0 Å². The Labute approximate surface area is 165 Å². The van der Waals surface area contributed by atoms with E-state index >= 15 is 0 Å². The molecule has 0 aromatic carbocycles. The topological polar surface area (TPSA) is 71.3 Å². The van der Waals surface area contributed by atoms with Gasteiger partial charge < -0.3 is 14.4 Å². The van der Waals surface area contributed by atoms with Crippen LogP contribution >= 0.6 is 0 Å². The first-order chi connectivity index (χ1) is 13.6. The average molecular weight is 381 g/mol. The molecule has 0 spiro atoms. The molecule has 2 aliphatic rings. The van der Waals surface area contributed by atoms with Crippen molar-refractivity contribution < 1.29 is 9.59 Å². The zero-order valence-electron chi connectivity index (χ0n) is 16.3. The van der Waals surface area contributed by atoms with Crippen molar-refractivity contribution in [2.45, 2.75) is 38.1 Å².